The van der Waals surface area contributed by atoms with Gasteiger partial charge in [0, 0.05) is 31.0 Å². The van der Waals surface area contributed by atoms with Crippen molar-refractivity contribution in [3.63, 3.8) is 0 Å². The van der Waals surface area contributed by atoms with Crippen molar-refractivity contribution in [1.82, 2.24) is 19.2 Å². The molecule has 0 bridgehead atoms. The number of aromatic nitrogens is 2. The Labute approximate surface area is 134 Å². The van der Waals surface area contributed by atoms with Crippen molar-refractivity contribution in [3.05, 3.63) is 35.8 Å². The first-order valence-corrected chi connectivity index (χ1v) is 8.12. The zero-order valence-corrected chi connectivity index (χ0v) is 13.4. The first-order chi connectivity index (χ1) is 11.1. The first kappa shape index (κ1) is 14.2. The second kappa shape index (κ2) is 5.08. The lowest BCUT2D eigenvalue weighted by Crippen LogP contribution is -2.60. The van der Waals surface area contributed by atoms with Crippen LogP contribution in [0, 0.1) is 6.92 Å². The standard InChI is InChI=1S/C17H20N4O2/c1-11-5-3-7-15-18-14(10-20(11)15)17(23)21-9-13-6-4-8-19(13)16(22)12(21)2/h3,5,7,10,12-13H,4,6,8-9H2,1-2H3. The summed E-state index contributed by atoms with van der Waals surface area (Å²) < 4.78 is 1.91. The summed E-state index contributed by atoms with van der Waals surface area (Å²) in [5.74, 6) is -0.0902. The lowest BCUT2D eigenvalue weighted by Gasteiger charge is -2.41. The van der Waals surface area contributed by atoms with Crippen molar-refractivity contribution < 1.29 is 9.59 Å². The minimum absolute atomic E-state index is 0.0621. The Bertz CT molecular complexity index is 797. The second-order valence-electron chi connectivity index (χ2n) is 6.48. The number of hydrogen-bond acceptors (Lipinski definition) is 3. The van der Waals surface area contributed by atoms with E-state index in [4.69, 9.17) is 0 Å². The molecule has 2 amide bonds. The molecule has 23 heavy (non-hydrogen) atoms. The number of imidazole rings is 1. The number of carbonyl (C=O) groups is 2. The van der Waals surface area contributed by atoms with E-state index in [1.54, 1.807) is 11.1 Å². The highest BCUT2D eigenvalue weighted by Gasteiger charge is 2.42. The summed E-state index contributed by atoms with van der Waals surface area (Å²) in [6, 6.07) is 5.54. The number of nitrogens with zero attached hydrogens (tertiary/aromatic N) is 4. The minimum Gasteiger partial charge on any atom is -0.336 e. The Kier molecular flexibility index (Phi) is 3.14. The van der Waals surface area contributed by atoms with Gasteiger partial charge in [-0.2, -0.15) is 0 Å². The van der Waals surface area contributed by atoms with Crippen LogP contribution in [-0.2, 0) is 4.79 Å². The van der Waals surface area contributed by atoms with E-state index >= 15 is 0 Å². The van der Waals surface area contributed by atoms with Gasteiger partial charge in [-0.1, -0.05) is 6.07 Å². The second-order valence-corrected chi connectivity index (χ2v) is 6.48. The van der Waals surface area contributed by atoms with Crippen LogP contribution in [0.4, 0.5) is 0 Å². The molecule has 120 valence electrons. The Morgan fingerprint density at radius 3 is 2.96 bits per heavy atom. The largest absolute Gasteiger partial charge is 0.336 e. The van der Waals surface area contributed by atoms with Crippen LogP contribution in [-0.4, -0.2) is 56.2 Å². The Morgan fingerprint density at radius 2 is 2.17 bits per heavy atom. The van der Waals surface area contributed by atoms with E-state index in [0.29, 0.717) is 12.2 Å². The Balaban J connectivity index is 1.67. The van der Waals surface area contributed by atoms with Crippen LogP contribution in [0.25, 0.3) is 5.65 Å². The van der Waals surface area contributed by atoms with Crippen LogP contribution >= 0.6 is 0 Å². The molecule has 0 saturated carbocycles. The summed E-state index contributed by atoms with van der Waals surface area (Å²) in [5.41, 5.74) is 2.19. The number of pyridine rings is 1. The molecule has 2 aromatic heterocycles. The van der Waals surface area contributed by atoms with E-state index in [9.17, 15) is 9.59 Å². The fourth-order valence-corrected chi connectivity index (χ4v) is 3.73. The van der Waals surface area contributed by atoms with Crippen LogP contribution in [0.1, 0.15) is 35.9 Å². The lowest BCUT2D eigenvalue weighted by molar-refractivity contribution is -0.141. The number of piperazine rings is 1. The fourth-order valence-electron chi connectivity index (χ4n) is 3.73. The minimum atomic E-state index is -0.414. The van der Waals surface area contributed by atoms with Crippen LogP contribution in [0.2, 0.25) is 0 Å². The molecule has 2 aliphatic heterocycles. The number of hydrogen-bond donors (Lipinski definition) is 0. The van der Waals surface area contributed by atoms with Gasteiger partial charge in [-0.25, -0.2) is 4.98 Å². The van der Waals surface area contributed by atoms with Gasteiger partial charge in [-0.05, 0) is 38.8 Å². The lowest BCUT2D eigenvalue weighted by atomic mass is 10.1. The summed E-state index contributed by atoms with van der Waals surface area (Å²) in [6.07, 6.45) is 3.77. The van der Waals surface area contributed by atoms with Gasteiger partial charge in [-0.15, -0.1) is 0 Å². The average Bonchev–Trinajstić information content (AvgIpc) is 3.17. The molecule has 6 nitrogen and oxygen atoms in total. The molecule has 0 N–H and O–H groups in total. The van der Waals surface area contributed by atoms with Crippen molar-refractivity contribution in [3.8, 4) is 0 Å². The van der Waals surface area contributed by atoms with Gasteiger partial charge in [0.1, 0.15) is 17.4 Å². The SMILES string of the molecule is Cc1cccc2nc(C(=O)N3CC4CCCN4C(=O)C3C)cn12. The van der Waals surface area contributed by atoms with E-state index in [-0.39, 0.29) is 17.9 Å². The highest BCUT2D eigenvalue weighted by molar-refractivity contribution is 5.97. The summed E-state index contributed by atoms with van der Waals surface area (Å²) >= 11 is 0. The van der Waals surface area contributed by atoms with Crippen molar-refractivity contribution in [2.75, 3.05) is 13.1 Å². The van der Waals surface area contributed by atoms with Gasteiger partial charge in [0.25, 0.3) is 5.91 Å². The molecular formula is C17H20N4O2. The maximum absolute atomic E-state index is 12.9. The quantitative estimate of drug-likeness (QED) is 0.801. The van der Waals surface area contributed by atoms with Gasteiger partial charge in [0.05, 0.1) is 0 Å². The molecule has 0 spiro atoms. The molecular weight excluding hydrogens is 292 g/mol. The highest BCUT2D eigenvalue weighted by atomic mass is 16.2. The Hall–Kier alpha value is -2.37. The van der Waals surface area contributed by atoms with Crippen LogP contribution in [0.3, 0.4) is 0 Å². The summed E-state index contributed by atoms with van der Waals surface area (Å²) in [4.78, 5) is 33.4. The molecule has 2 aromatic rings. The van der Waals surface area contributed by atoms with Crippen molar-refractivity contribution in [2.45, 2.75) is 38.8 Å². The third-order valence-corrected chi connectivity index (χ3v) is 5.07. The van der Waals surface area contributed by atoms with Crippen molar-refractivity contribution in [1.29, 1.82) is 0 Å². The smallest absolute Gasteiger partial charge is 0.274 e. The zero-order chi connectivity index (χ0) is 16.1. The van der Waals surface area contributed by atoms with Crippen LogP contribution in [0.15, 0.2) is 24.4 Å². The van der Waals surface area contributed by atoms with Crippen LogP contribution in [0.5, 0.6) is 0 Å². The van der Waals surface area contributed by atoms with E-state index < -0.39 is 6.04 Å². The molecule has 4 rings (SSSR count). The number of carbonyl (C=O) groups excluding carboxylic acids is 2. The molecule has 2 saturated heterocycles. The summed E-state index contributed by atoms with van der Waals surface area (Å²) in [6.45, 7) is 5.23. The molecule has 6 heteroatoms. The molecule has 2 aliphatic rings. The number of fused-ring (bicyclic) bond motifs is 2. The molecule has 2 fully saturated rings. The molecule has 0 aliphatic carbocycles. The van der Waals surface area contributed by atoms with E-state index in [0.717, 1.165) is 30.7 Å². The normalized spacial score (nSPS) is 24.3. The van der Waals surface area contributed by atoms with Gasteiger partial charge in [0.2, 0.25) is 5.91 Å². The molecule has 2 atom stereocenters. The molecule has 2 unspecified atom stereocenters. The molecule has 0 aromatic carbocycles. The van der Waals surface area contributed by atoms with Crippen molar-refractivity contribution in [2.24, 2.45) is 0 Å². The number of aryl methyl sites for hydroxylation is 1. The molecule has 0 radical (unpaired) electrons. The van der Waals surface area contributed by atoms with Crippen LogP contribution < -0.4 is 0 Å². The van der Waals surface area contributed by atoms with Gasteiger partial charge in [-0.3, -0.25) is 9.59 Å². The van der Waals surface area contributed by atoms with Gasteiger partial charge < -0.3 is 14.2 Å². The van der Waals surface area contributed by atoms with E-state index in [1.165, 1.54) is 0 Å². The highest BCUT2D eigenvalue weighted by Crippen LogP contribution is 2.26. The zero-order valence-electron chi connectivity index (χ0n) is 13.4. The fraction of sp³-hybridized carbons (Fsp3) is 0.471. The maximum Gasteiger partial charge on any atom is 0.274 e. The summed E-state index contributed by atoms with van der Waals surface area (Å²) in [7, 11) is 0. The third kappa shape index (κ3) is 2.12. The monoisotopic (exact) mass is 312 g/mol. The Morgan fingerprint density at radius 1 is 1.35 bits per heavy atom. The predicted octanol–water partition coefficient (Wildman–Crippen LogP) is 1.48. The van der Waals surface area contributed by atoms with Crippen molar-refractivity contribution >= 4 is 17.5 Å². The topological polar surface area (TPSA) is 57.9 Å². The molecule has 4 heterocycles. The van der Waals surface area contributed by atoms with Gasteiger partial charge in [0.15, 0.2) is 0 Å². The maximum atomic E-state index is 12.9. The number of rotatable bonds is 1. The van der Waals surface area contributed by atoms with E-state index in [2.05, 4.69) is 4.98 Å². The van der Waals surface area contributed by atoms with Gasteiger partial charge >= 0.3 is 0 Å². The predicted molar refractivity (Wildman–Crippen MR) is 85.2 cm³/mol. The third-order valence-electron chi connectivity index (χ3n) is 5.07. The number of amides is 2. The van der Waals surface area contributed by atoms with E-state index in [1.807, 2.05) is 41.3 Å². The first-order valence-electron chi connectivity index (χ1n) is 8.12. The average molecular weight is 312 g/mol. The summed E-state index contributed by atoms with van der Waals surface area (Å²) in [5, 5.41) is 0.